The van der Waals surface area contributed by atoms with E-state index in [1.807, 2.05) is 6.07 Å². The van der Waals surface area contributed by atoms with E-state index in [4.69, 9.17) is 0 Å². The Hall–Kier alpha value is -2.57. The van der Waals surface area contributed by atoms with Crippen LogP contribution < -0.4 is 5.32 Å². The van der Waals surface area contributed by atoms with E-state index in [-0.39, 0.29) is 18.0 Å². The van der Waals surface area contributed by atoms with Crippen molar-refractivity contribution >= 4 is 11.6 Å². The highest BCUT2D eigenvalue weighted by Crippen LogP contribution is 2.32. The van der Waals surface area contributed by atoms with Crippen LogP contribution in [0.3, 0.4) is 0 Å². The molecule has 26 heavy (non-hydrogen) atoms. The molecule has 0 bridgehead atoms. The van der Waals surface area contributed by atoms with Crippen molar-refractivity contribution < 1.29 is 18.0 Å². The fourth-order valence-corrected chi connectivity index (χ4v) is 3.06. The minimum absolute atomic E-state index is 0.00889. The summed E-state index contributed by atoms with van der Waals surface area (Å²) in [7, 11) is 0. The maximum absolute atomic E-state index is 13.0. The summed E-state index contributed by atoms with van der Waals surface area (Å²) in [5.74, 6) is 0.0200. The van der Waals surface area contributed by atoms with Crippen LogP contribution in [0.5, 0.6) is 0 Å². The van der Waals surface area contributed by atoms with Crippen molar-refractivity contribution in [3.63, 3.8) is 0 Å². The molecule has 0 aliphatic carbocycles. The molecule has 1 amide bonds. The maximum atomic E-state index is 13.0. The van der Waals surface area contributed by atoms with Gasteiger partial charge in [0.25, 0.3) is 5.91 Å². The Morgan fingerprint density at radius 3 is 2.81 bits per heavy atom. The van der Waals surface area contributed by atoms with Crippen molar-refractivity contribution in [1.29, 1.82) is 0 Å². The quantitative estimate of drug-likeness (QED) is 0.824. The summed E-state index contributed by atoms with van der Waals surface area (Å²) in [5.41, 5.74) is 1.65. The van der Waals surface area contributed by atoms with Crippen LogP contribution in [-0.4, -0.2) is 22.3 Å². The largest absolute Gasteiger partial charge is 0.416 e. The number of hydrogen-bond acceptors (Lipinski definition) is 3. The van der Waals surface area contributed by atoms with E-state index in [1.165, 1.54) is 6.20 Å². The Bertz CT molecular complexity index is 805. The molecule has 0 unspecified atom stereocenters. The number of anilines is 1. The Morgan fingerprint density at radius 1 is 1.27 bits per heavy atom. The van der Waals surface area contributed by atoms with Crippen molar-refractivity contribution in [1.82, 2.24) is 9.88 Å². The highest BCUT2D eigenvalue weighted by atomic mass is 19.4. The highest BCUT2D eigenvalue weighted by molar-refractivity contribution is 5.98. The summed E-state index contributed by atoms with van der Waals surface area (Å²) in [4.78, 5) is 17.9. The lowest BCUT2D eigenvalue weighted by molar-refractivity contribution is -0.138. The van der Waals surface area contributed by atoms with Crippen LogP contribution >= 0.6 is 0 Å². The SMILES string of the molecule is CCCCN1Cc2cc(NCc3cnccc3C(F)(F)F)ccc2C1=O. The Labute approximate surface area is 150 Å². The molecule has 1 aromatic carbocycles. The van der Waals surface area contributed by atoms with Gasteiger partial charge in [0.05, 0.1) is 5.56 Å². The van der Waals surface area contributed by atoms with Gasteiger partial charge in [0.15, 0.2) is 0 Å². The standard InChI is InChI=1S/C19H20F3N3O/c1-2-3-8-25-12-13-9-15(4-5-16(13)18(25)26)24-11-14-10-23-7-6-17(14)19(20,21)22/h4-7,9-10,24H,2-3,8,11-12H2,1H3. The molecule has 3 rings (SSSR count). The third-order valence-corrected chi connectivity index (χ3v) is 4.46. The number of hydrogen-bond donors (Lipinski definition) is 1. The molecule has 1 aliphatic heterocycles. The first-order valence-corrected chi connectivity index (χ1v) is 8.56. The molecule has 0 atom stereocenters. The summed E-state index contributed by atoms with van der Waals surface area (Å²) in [5, 5.41) is 3.01. The molecule has 1 N–H and O–H groups in total. The van der Waals surface area contributed by atoms with Gasteiger partial charge in [0, 0.05) is 48.8 Å². The molecule has 0 saturated heterocycles. The van der Waals surface area contributed by atoms with Crippen molar-refractivity contribution in [2.75, 3.05) is 11.9 Å². The van der Waals surface area contributed by atoms with Crippen LogP contribution in [0.15, 0.2) is 36.7 Å². The molecule has 0 fully saturated rings. The van der Waals surface area contributed by atoms with E-state index < -0.39 is 11.7 Å². The number of amides is 1. The van der Waals surface area contributed by atoms with Crippen molar-refractivity contribution in [3.05, 3.63) is 58.9 Å². The number of nitrogens with one attached hydrogen (secondary N) is 1. The fourth-order valence-electron chi connectivity index (χ4n) is 3.06. The van der Waals surface area contributed by atoms with E-state index in [0.717, 1.165) is 37.2 Å². The summed E-state index contributed by atoms with van der Waals surface area (Å²) in [6, 6.07) is 6.27. The van der Waals surface area contributed by atoms with E-state index in [1.54, 1.807) is 17.0 Å². The van der Waals surface area contributed by atoms with E-state index in [9.17, 15) is 18.0 Å². The van der Waals surface area contributed by atoms with Crippen molar-refractivity contribution in [3.8, 4) is 0 Å². The van der Waals surface area contributed by atoms with E-state index in [0.29, 0.717) is 17.8 Å². The Kier molecular flexibility index (Phi) is 5.15. The first kappa shape index (κ1) is 18.2. The molecule has 2 aromatic rings. The molecule has 7 heteroatoms. The van der Waals surface area contributed by atoms with Gasteiger partial charge in [-0.1, -0.05) is 13.3 Å². The second-order valence-corrected chi connectivity index (χ2v) is 6.34. The number of alkyl halides is 3. The number of carbonyl (C=O) groups is 1. The molecule has 1 aromatic heterocycles. The average molecular weight is 363 g/mol. The molecule has 2 heterocycles. The molecule has 1 aliphatic rings. The van der Waals surface area contributed by atoms with Crippen LogP contribution in [0, 0.1) is 0 Å². The van der Waals surface area contributed by atoms with Gasteiger partial charge in [-0.05, 0) is 36.2 Å². The predicted octanol–water partition coefficient (Wildman–Crippen LogP) is 4.47. The number of fused-ring (bicyclic) bond motifs is 1. The van der Waals surface area contributed by atoms with Crippen LogP contribution in [0.25, 0.3) is 0 Å². The molecule has 138 valence electrons. The lowest BCUT2D eigenvalue weighted by atomic mass is 10.1. The fraction of sp³-hybridized carbons (Fsp3) is 0.368. The minimum Gasteiger partial charge on any atom is -0.381 e. The molecule has 4 nitrogen and oxygen atoms in total. The summed E-state index contributed by atoms with van der Waals surface area (Å²) < 4.78 is 39.1. The minimum atomic E-state index is -4.41. The molecular weight excluding hydrogens is 343 g/mol. The van der Waals surface area contributed by atoms with Crippen LogP contribution in [-0.2, 0) is 19.3 Å². The molecule has 0 spiro atoms. The van der Waals surface area contributed by atoms with Crippen molar-refractivity contribution in [2.24, 2.45) is 0 Å². The van der Waals surface area contributed by atoms with Gasteiger partial charge in [0.1, 0.15) is 0 Å². The monoisotopic (exact) mass is 363 g/mol. The molecule has 0 saturated carbocycles. The normalized spacial score (nSPS) is 13.8. The van der Waals surface area contributed by atoms with Gasteiger partial charge in [0.2, 0.25) is 0 Å². The highest BCUT2D eigenvalue weighted by Gasteiger charge is 2.33. The number of rotatable bonds is 6. The number of pyridine rings is 1. The second-order valence-electron chi connectivity index (χ2n) is 6.34. The Balaban J connectivity index is 1.72. The van der Waals surface area contributed by atoms with Gasteiger partial charge in [-0.2, -0.15) is 13.2 Å². The number of unbranched alkanes of at least 4 members (excludes halogenated alkanes) is 1. The third-order valence-electron chi connectivity index (χ3n) is 4.46. The van der Waals surface area contributed by atoms with Crippen LogP contribution in [0.1, 0.15) is 46.8 Å². The third kappa shape index (κ3) is 3.81. The lowest BCUT2D eigenvalue weighted by Crippen LogP contribution is -2.24. The second kappa shape index (κ2) is 7.35. The van der Waals surface area contributed by atoms with Crippen molar-refractivity contribution in [2.45, 2.75) is 39.0 Å². The van der Waals surface area contributed by atoms with Gasteiger partial charge >= 0.3 is 6.18 Å². The number of halogens is 3. The van der Waals surface area contributed by atoms with E-state index >= 15 is 0 Å². The number of benzene rings is 1. The zero-order chi connectivity index (χ0) is 18.7. The maximum Gasteiger partial charge on any atom is 0.416 e. The lowest BCUT2D eigenvalue weighted by Gasteiger charge is -2.14. The van der Waals surface area contributed by atoms with Gasteiger partial charge in [-0.3, -0.25) is 9.78 Å². The van der Waals surface area contributed by atoms with Gasteiger partial charge < -0.3 is 10.2 Å². The van der Waals surface area contributed by atoms with E-state index in [2.05, 4.69) is 17.2 Å². The number of carbonyl (C=O) groups excluding carboxylic acids is 1. The van der Waals surface area contributed by atoms with Gasteiger partial charge in [-0.25, -0.2) is 0 Å². The molecular formula is C19H20F3N3O. The first-order chi connectivity index (χ1) is 12.4. The summed E-state index contributed by atoms with van der Waals surface area (Å²) in [6.07, 6.45) is -0.0901. The summed E-state index contributed by atoms with van der Waals surface area (Å²) in [6.45, 7) is 3.35. The summed E-state index contributed by atoms with van der Waals surface area (Å²) >= 11 is 0. The van der Waals surface area contributed by atoms with Crippen LogP contribution in [0.4, 0.5) is 18.9 Å². The number of nitrogens with zero attached hydrogens (tertiary/aromatic N) is 2. The predicted molar refractivity (Wildman–Crippen MR) is 92.7 cm³/mol. The molecule has 0 radical (unpaired) electrons. The topological polar surface area (TPSA) is 45.2 Å². The zero-order valence-corrected chi connectivity index (χ0v) is 14.4. The number of aromatic nitrogens is 1. The van der Waals surface area contributed by atoms with Gasteiger partial charge in [-0.15, -0.1) is 0 Å². The zero-order valence-electron chi connectivity index (χ0n) is 14.4. The first-order valence-electron chi connectivity index (χ1n) is 8.56. The Morgan fingerprint density at radius 2 is 2.08 bits per heavy atom. The van der Waals surface area contributed by atoms with Crippen LogP contribution in [0.2, 0.25) is 0 Å². The average Bonchev–Trinajstić information content (AvgIpc) is 2.93. The smallest absolute Gasteiger partial charge is 0.381 e.